The second-order valence-electron chi connectivity index (χ2n) is 3.74. The monoisotopic (exact) mass is 217 g/mol. The lowest BCUT2D eigenvalue weighted by Crippen LogP contribution is -1.96. The maximum absolute atomic E-state index is 8.95. The third kappa shape index (κ3) is 1.84. The lowest BCUT2D eigenvalue weighted by molar-refractivity contribution is 0.298. The summed E-state index contributed by atoms with van der Waals surface area (Å²) in [5.74, 6) is 0.897. The van der Waals surface area contributed by atoms with Crippen LogP contribution in [0.5, 0.6) is 0 Å². The first-order valence-electron chi connectivity index (χ1n) is 5.27. The number of aliphatic hydroxyl groups excluding tert-OH is 1. The van der Waals surface area contributed by atoms with Crippen molar-refractivity contribution in [3.05, 3.63) is 35.9 Å². The van der Waals surface area contributed by atoms with E-state index >= 15 is 0 Å². The molecule has 0 radical (unpaired) electrons. The lowest BCUT2D eigenvalue weighted by atomic mass is 10.3. The molecule has 1 N–H and O–H groups in total. The smallest absolute Gasteiger partial charge is 0.141 e. The highest BCUT2D eigenvalue weighted by atomic mass is 16.3. The van der Waals surface area contributed by atoms with Crippen LogP contribution >= 0.6 is 0 Å². The van der Waals surface area contributed by atoms with Crippen molar-refractivity contribution in [3.63, 3.8) is 0 Å². The van der Waals surface area contributed by atoms with Crippen molar-refractivity contribution in [2.24, 2.45) is 7.05 Å². The summed E-state index contributed by atoms with van der Waals surface area (Å²) in [7, 11) is 1.98. The van der Waals surface area contributed by atoms with Crippen molar-refractivity contribution in [2.75, 3.05) is 6.61 Å². The molecule has 0 spiro atoms. The van der Waals surface area contributed by atoms with E-state index in [-0.39, 0.29) is 6.61 Å². The number of hydrogen-bond donors (Lipinski definition) is 1. The molecule has 0 amide bonds. The fourth-order valence-electron chi connectivity index (χ4n) is 1.73. The Kier molecular flexibility index (Phi) is 3.01. The van der Waals surface area contributed by atoms with Crippen LogP contribution in [-0.4, -0.2) is 26.2 Å². The maximum atomic E-state index is 8.95. The summed E-state index contributed by atoms with van der Waals surface area (Å²) in [5.41, 5.74) is 3.04. The lowest BCUT2D eigenvalue weighted by Gasteiger charge is -2.01. The summed E-state index contributed by atoms with van der Waals surface area (Å²) in [6, 6.07) is 3.88. The molecule has 2 aromatic rings. The van der Waals surface area contributed by atoms with E-state index in [0.717, 1.165) is 22.8 Å². The van der Waals surface area contributed by atoms with Gasteiger partial charge in [0.2, 0.25) is 0 Å². The molecule has 2 aromatic heterocycles. The predicted octanol–water partition coefficient (Wildman–Crippen LogP) is 1.33. The molecule has 2 heterocycles. The molecular formula is C12H15N3O. The van der Waals surface area contributed by atoms with Gasteiger partial charge in [0.25, 0.3) is 0 Å². The van der Waals surface area contributed by atoms with E-state index in [2.05, 4.69) is 9.97 Å². The Bertz CT molecular complexity index is 477. The van der Waals surface area contributed by atoms with Gasteiger partial charge in [0.05, 0.1) is 5.69 Å². The van der Waals surface area contributed by atoms with Crippen LogP contribution in [0.2, 0.25) is 0 Å². The molecule has 0 aliphatic rings. The van der Waals surface area contributed by atoms with Crippen LogP contribution in [0.15, 0.2) is 24.5 Å². The molecule has 4 heteroatoms. The number of nitrogens with zero attached hydrogens (tertiary/aromatic N) is 3. The van der Waals surface area contributed by atoms with Gasteiger partial charge >= 0.3 is 0 Å². The summed E-state index contributed by atoms with van der Waals surface area (Å²) in [6.45, 7) is 2.14. The summed E-state index contributed by atoms with van der Waals surface area (Å²) in [5, 5.41) is 8.95. The SMILES string of the molecule is Cc1c(CCO)nc(-c2cccnc2)n1C. The van der Waals surface area contributed by atoms with Crippen molar-refractivity contribution >= 4 is 0 Å². The third-order valence-electron chi connectivity index (χ3n) is 2.75. The minimum absolute atomic E-state index is 0.129. The first-order valence-corrected chi connectivity index (χ1v) is 5.27. The van der Waals surface area contributed by atoms with Gasteiger partial charge in [-0.05, 0) is 19.1 Å². The molecule has 0 aliphatic carbocycles. The fraction of sp³-hybridized carbons (Fsp3) is 0.333. The van der Waals surface area contributed by atoms with Crippen molar-refractivity contribution in [2.45, 2.75) is 13.3 Å². The zero-order chi connectivity index (χ0) is 11.5. The normalized spacial score (nSPS) is 10.7. The Morgan fingerprint density at radius 1 is 1.44 bits per heavy atom. The van der Waals surface area contributed by atoms with E-state index in [1.807, 2.05) is 30.7 Å². The van der Waals surface area contributed by atoms with Gasteiger partial charge in [0, 0.05) is 43.7 Å². The first-order chi connectivity index (χ1) is 7.74. The van der Waals surface area contributed by atoms with Crippen molar-refractivity contribution in [1.29, 1.82) is 0 Å². The highest BCUT2D eigenvalue weighted by Gasteiger charge is 2.11. The van der Waals surface area contributed by atoms with E-state index in [4.69, 9.17) is 5.11 Å². The molecule has 0 aromatic carbocycles. The molecule has 0 unspecified atom stereocenters. The highest BCUT2D eigenvalue weighted by molar-refractivity contribution is 5.55. The van der Waals surface area contributed by atoms with Gasteiger partial charge in [0.1, 0.15) is 5.82 Å². The molecule has 4 nitrogen and oxygen atoms in total. The van der Waals surface area contributed by atoms with Crippen LogP contribution in [0, 0.1) is 6.92 Å². The van der Waals surface area contributed by atoms with Crippen LogP contribution in [-0.2, 0) is 13.5 Å². The van der Waals surface area contributed by atoms with Gasteiger partial charge < -0.3 is 9.67 Å². The number of imidazole rings is 1. The average molecular weight is 217 g/mol. The molecule has 0 bridgehead atoms. The second-order valence-corrected chi connectivity index (χ2v) is 3.74. The summed E-state index contributed by atoms with van der Waals surface area (Å²) < 4.78 is 2.03. The maximum Gasteiger partial charge on any atom is 0.141 e. The predicted molar refractivity (Wildman–Crippen MR) is 62.0 cm³/mol. The molecule has 0 saturated carbocycles. The van der Waals surface area contributed by atoms with Gasteiger partial charge in [-0.3, -0.25) is 4.98 Å². The van der Waals surface area contributed by atoms with E-state index < -0.39 is 0 Å². The van der Waals surface area contributed by atoms with Crippen LogP contribution in [0.4, 0.5) is 0 Å². The minimum Gasteiger partial charge on any atom is -0.396 e. The first kappa shape index (κ1) is 10.8. The zero-order valence-electron chi connectivity index (χ0n) is 9.51. The van der Waals surface area contributed by atoms with Crippen LogP contribution in [0.25, 0.3) is 11.4 Å². The Morgan fingerprint density at radius 2 is 2.25 bits per heavy atom. The topological polar surface area (TPSA) is 50.9 Å². The van der Waals surface area contributed by atoms with Crippen molar-refractivity contribution < 1.29 is 5.11 Å². The summed E-state index contributed by atoms with van der Waals surface area (Å²) in [4.78, 5) is 8.62. The Hall–Kier alpha value is -1.68. The molecule has 0 fully saturated rings. The third-order valence-corrected chi connectivity index (χ3v) is 2.75. The minimum atomic E-state index is 0.129. The van der Waals surface area contributed by atoms with E-state index in [1.54, 1.807) is 12.4 Å². The Morgan fingerprint density at radius 3 is 2.88 bits per heavy atom. The molecule has 0 aliphatic heterocycles. The van der Waals surface area contributed by atoms with Gasteiger partial charge in [-0.25, -0.2) is 4.98 Å². The van der Waals surface area contributed by atoms with Gasteiger partial charge in [0.15, 0.2) is 0 Å². The quantitative estimate of drug-likeness (QED) is 0.843. The molecule has 0 atom stereocenters. The number of rotatable bonds is 3. The van der Waals surface area contributed by atoms with Crippen LogP contribution < -0.4 is 0 Å². The van der Waals surface area contributed by atoms with Crippen LogP contribution in [0.3, 0.4) is 0 Å². The fourth-order valence-corrected chi connectivity index (χ4v) is 1.73. The largest absolute Gasteiger partial charge is 0.396 e. The highest BCUT2D eigenvalue weighted by Crippen LogP contribution is 2.20. The van der Waals surface area contributed by atoms with Crippen molar-refractivity contribution in [3.8, 4) is 11.4 Å². The number of hydrogen-bond acceptors (Lipinski definition) is 3. The Balaban J connectivity index is 2.46. The Labute approximate surface area is 94.6 Å². The molecule has 0 saturated heterocycles. The van der Waals surface area contributed by atoms with E-state index in [9.17, 15) is 0 Å². The van der Waals surface area contributed by atoms with Crippen LogP contribution in [0.1, 0.15) is 11.4 Å². The number of aliphatic hydroxyl groups is 1. The van der Waals surface area contributed by atoms with Crippen molar-refractivity contribution in [1.82, 2.24) is 14.5 Å². The van der Waals surface area contributed by atoms with E-state index in [1.165, 1.54) is 0 Å². The molecule has 84 valence electrons. The molecular weight excluding hydrogens is 202 g/mol. The molecule has 16 heavy (non-hydrogen) atoms. The standard InChI is InChI=1S/C12H15N3O/c1-9-11(5-7-16)14-12(15(9)2)10-4-3-6-13-8-10/h3-4,6,8,16H,5,7H2,1-2H3. The molecule has 2 rings (SSSR count). The average Bonchev–Trinajstić information content (AvgIpc) is 2.59. The summed E-state index contributed by atoms with van der Waals surface area (Å²) >= 11 is 0. The van der Waals surface area contributed by atoms with E-state index in [0.29, 0.717) is 6.42 Å². The van der Waals surface area contributed by atoms with Gasteiger partial charge in [-0.1, -0.05) is 0 Å². The second kappa shape index (κ2) is 4.45. The zero-order valence-corrected chi connectivity index (χ0v) is 9.51. The summed E-state index contributed by atoms with van der Waals surface area (Å²) in [6.07, 6.45) is 4.14. The number of aromatic nitrogens is 3. The van der Waals surface area contributed by atoms with Gasteiger partial charge in [-0.2, -0.15) is 0 Å². The van der Waals surface area contributed by atoms with Gasteiger partial charge in [-0.15, -0.1) is 0 Å². The number of pyridine rings is 1.